The molecule has 8 nitrogen and oxygen atoms in total. The number of carbonyl (C=O) groups is 1. The number of hydrogen-bond acceptors (Lipinski definition) is 5. The predicted octanol–water partition coefficient (Wildman–Crippen LogP) is 2.70. The Morgan fingerprint density at radius 1 is 1.23 bits per heavy atom. The van der Waals surface area contributed by atoms with Gasteiger partial charge in [0.2, 0.25) is 0 Å². The van der Waals surface area contributed by atoms with E-state index < -0.39 is 11.5 Å². The Bertz CT molecular complexity index is 1120. The fourth-order valence-electron chi connectivity index (χ4n) is 3.23. The molecule has 2 heterocycles. The maximum Gasteiger partial charge on any atom is 0.284 e. The summed E-state index contributed by atoms with van der Waals surface area (Å²) >= 11 is 0. The van der Waals surface area contributed by atoms with Crippen LogP contribution in [0.3, 0.4) is 0 Å². The second-order valence-corrected chi connectivity index (χ2v) is 8.69. The van der Waals surface area contributed by atoms with E-state index in [1.807, 2.05) is 31.2 Å². The van der Waals surface area contributed by atoms with E-state index in [4.69, 9.17) is 4.74 Å². The van der Waals surface area contributed by atoms with Crippen LogP contribution in [0.1, 0.15) is 43.6 Å². The van der Waals surface area contributed by atoms with Gasteiger partial charge in [0.1, 0.15) is 11.3 Å². The van der Waals surface area contributed by atoms with Crippen LogP contribution in [0, 0.1) is 0 Å². The summed E-state index contributed by atoms with van der Waals surface area (Å²) < 4.78 is 7.87. The van der Waals surface area contributed by atoms with Gasteiger partial charge in [-0.05, 0) is 24.0 Å². The topological polar surface area (TPSA) is 91.0 Å². The molecule has 0 spiro atoms. The number of aryl methyl sites for hydroxylation is 1. The smallest absolute Gasteiger partial charge is 0.284 e. The number of amides is 1. The summed E-state index contributed by atoms with van der Waals surface area (Å²) in [5, 5.41) is 11.4. The standard InChI is InChI=1S/C23H29N5O3/c1-15(14-31-6)25-21(29)19-11-20(16-7-9-17(10-8-16)23(2,3)4)26-28(22(19)30)18-12-24-27(5)13-18/h7-13,15H,14H2,1-6H3,(H,25,29)/t15-/m0/s1. The van der Waals surface area contributed by atoms with Crippen molar-refractivity contribution in [3.63, 3.8) is 0 Å². The molecule has 0 radical (unpaired) electrons. The van der Waals surface area contributed by atoms with Gasteiger partial charge in [-0.25, -0.2) is 0 Å². The highest BCUT2D eigenvalue weighted by Gasteiger charge is 2.20. The fourth-order valence-corrected chi connectivity index (χ4v) is 3.23. The Balaban J connectivity index is 2.11. The van der Waals surface area contributed by atoms with E-state index in [9.17, 15) is 9.59 Å². The molecule has 1 N–H and O–H groups in total. The first-order valence-corrected chi connectivity index (χ1v) is 10.1. The van der Waals surface area contributed by atoms with Crippen molar-refractivity contribution in [2.75, 3.05) is 13.7 Å². The molecule has 1 aromatic carbocycles. The molecule has 8 heteroatoms. The van der Waals surface area contributed by atoms with E-state index in [-0.39, 0.29) is 17.0 Å². The van der Waals surface area contributed by atoms with Crippen molar-refractivity contribution in [2.45, 2.75) is 39.2 Å². The predicted molar refractivity (Wildman–Crippen MR) is 120 cm³/mol. The van der Waals surface area contributed by atoms with Crippen LogP contribution < -0.4 is 10.9 Å². The molecule has 1 atom stereocenters. The molecule has 31 heavy (non-hydrogen) atoms. The van der Waals surface area contributed by atoms with E-state index in [0.717, 1.165) is 5.56 Å². The van der Waals surface area contributed by atoms with Crippen LogP contribution in [-0.2, 0) is 17.2 Å². The quantitative estimate of drug-likeness (QED) is 0.658. The van der Waals surface area contributed by atoms with Crippen molar-refractivity contribution in [1.82, 2.24) is 24.9 Å². The van der Waals surface area contributed by atoms with Crippen LogP contribution in [-0.4, -0.2) is 45.2 Å². The van der Waals surface area contributed by atoms with Crippen molar-refractivity contribution in [3.05, 3.63) is 64.2 Å². The van der Waals surface area contributed by atoms with Gasteiger partial charge in [0.05, 0.1) is 24.7 Å². The molecule has 0 aliphatic carbocycles. The number of nitrogens with one attached hydrogen (secondary N) is 1. The van der Waals surface area contributed by atoms with Crippen LogP contribution in [0.4, 0.5) is 0 Å². The van der Waals surface area contributed by atoms with Crippen molar-refractivity contribution >= 4 is 5.91 Å². The number of ether oxygens (including phenoxy) is 1. The highest BCUT2D eigenvalue weighted by molar-refractivity contribution is 5.95. The molecule has 0 saturated heterocycles. The largest absolute Gasteiger partial charge is 0.383 e. The zero-order valence-electron chi connectivity index (χ0n) is 18.8. The number of carbonyl (C=O) groups excluding carboxylic acids is 1. The SMILES string of the molecule is COC[C@H](C)NC(=O)c1cc(-c2ccc(C(C)(C)C)cc2)nn(-c2cnn(C)c2)c1=O. The lowest BCUT2D eigenvalue weighted by Crippen LogP contribution is -2.39. The summed E-state index contributed by atoms with van der Waals surface area (Å²) in [6, 6.07) is 9.28. The van der Waals surface area contributed by atoms with Crippen LogP contribution in [0.25, 0.3) is 16.9 Å². The Labute approximate surface area is 181 Å². The van der Waals surface area contributed by atoms with Crippen LogP contribution in [0.2, 0.25) is 0 Å². The monoisotopic (exact) mass is 423 g/mol. The Kier molecular flexibility index (Phi) is 6.40. The third-order valence-electron chi connectivity index (χ3n) is 4.93. The minimum atomic E-state index is -0.509. The molecule has 3 rings (SSSR count). The molecule has 0 unspecified atom stereocenters. The van der Waals surface area contributed by atoms with Gasteiger partial charge in [-0.15, -0.1) is 0 Å². The first-order chi connectivity index (χ1) is 14.6. The average Bonchev–Trinajstić information content (AvgIpc) is 3.13. The highest BCUT2D eigenvalue weighted by Crippen LogP contribution is 2.25. The summed E-state index contributed by atoms with van der Waals surface area (Å²) in [6.07, 6.45) is 3.21. The second-order valence-electron chi connectivity index (χ2n) is 8.69. The molecule has 0 aliphatic rings. The molecular weight excluding hydrogens is 394 g/mol. The van der Waals surface area contributed by atoms with Gasteiger partial charge in [0.15, 0.2) is 0 Å². The molecule has 164 valence electrons. The number of rotatable bonds is 6. The van der Waals surface area contributed by atoms with Crippen molar-refractivity contribution in [3.8, 4) is 16.9 Å². The number of aromatic nitrogens is 4. The Hall–Kier alpha value is -3.26. The number of nitrogens with zero attached hydrogens (tertiary/aromatic N) is 4. The number of benzene rings is 1. The highest BCUT2D eigenvalue weighted by atomic mass is 16.5. The van der Waals surface area contributed by atoms with E-state index in [0.29, 0.717) is 18.0 Å². The zero-order valence-corrected chi connectivity index (χ0v) is 18.8. The van der Waals surface area contributed by atoms with Crippen molar-refractivity contribution in [1.29, 1.82) is 0 Å². The lowest BCUT2D eigenvalue weighted by Gasteiger charge is -2.19. The summed E-state index contributed by atoms with van der Waals surface area (Å²) in [5.74, 6) is -0.470. The van der Waals surface area contributed by atoms with Gasteiger partial charge in [0, 0.05) is 25.8 Å². The normalized spacial score (nSPS) is 12.6. The molecule has 0 aliphatic heterocycles. The molecule has 2 aromatic heterocycles. The average molecular weight is 424 g/mol. The van der Waals surface area contributed by atoms with Gasteiger partial charge in [-0.3, -0.25) is 14.3 Å². The molecule has 0 saturated carbocycles. The summed E-state index contributed by atoms with van der Waals surface area (Å²) in [6.45, 7) is 8.59. The number of hydrogen-bond donors (Lipinski definition) is 1. The molecular formula is C23H29N5O3. The van der Waals surface area contributed by atoms with Gasteiger partial charge in [-0.2, -0.15) is 14.9 Å². The van der Waals surface area contributed by atoms with Gasteiger partial charge in [-0.1, -0.05) is 45.0 Å². The van der Waals surface area contributed by atoms with E-state index >= 15 is 0 Å². The van der Waals surface area contributed by atoms with Crippen LogP contribution >= 0.6 is 0 Å². The first-order valence-electron chi connectivity index (χ1n) is 10.1. The molecule has 1 amide bonds. The maximum absolute atomic E-state index is 13.1. The van der Waals surface area contributed by atoms with E-state index in [2.05, 4.69) is 36.3 Å². The summed E-state index contributed by atoms with van der Waals surface area (Å²) in [4.78, 5) is 26.0. The Morgan fingerprint density at radius 3 is 2.45 bits per heavy atom. The van der Waals surface area contributed by atoms with Gasteiger partial charge < -0.3 is 10.1 Å². The minimum Gasteiger partial charge on any atom is -0.383 e. The molecule has 3 aromatic rings. The van der Waals surface area contributed by atoms with Crippen molar-refractivity contribution < 1.29 is 9.53 Å². The minimum absolute atomic E-state index is 0.0108. The maximum atomic E-state index is 13.1. The first kappa shape index (κ1) is 22.4. The second kappa shape index (κ2) is 8.85. The van der Waals surface area contributed by atoms with E-state index in [1.54, 1.807) is 25.0 Å². The molecule has 0 bridgehead atoms. The molecule has 0 fully saturated rings. The van der Waals surface area contributed by atoms with Gasteiger partial charge >= 0.3 is 0 Å². The van der Waals surface area contributed by atoms with Crippen molar-refractivity contribution in [2.24, 2.45) is 7.05 Å². The lowest BCUT2D eigenvalue weighted by molar-refractivity contribution is 0.0903. The summed E-state index contributed by atoms with van der Waals surface area (Å²) in [5.41, 5.74) is 2.52. The Morgan fingerprint density at radius 2 is 1.90 bits per heavy atom. The van der Waals surface area contributed by atoms with Crippen LogP contribution in [0.15, 0.2) is 47.5 Å². The summed E-state index contributed by atoms with van der Waals surface area (Å²) in [7, 11) is 3.31. The number of methoxy groups -OCH3 is 1. The van der Waals surface area contributed by atoms with Crippen LogP contribution in [0.5, 0.6) is 0 Å². The van der Waals surface area contributed by atoms with E-state index in [1.165, 1.54) is 22.5 Å². The zero-order chi connectivity index (χ0) is 22.8. The lowest BCUT2D eigenvalue weighted by atomic mass is 9.86. The third kappa shape index (κ3) is 5.08. The third-order valence-corrected chi connectivity index (χ3v) is 4.93. The fraction of sp³-hybridized carbons (Fsp3) is 0.391. The van der Waals surface area contributed by atoms with Gasteiger partial charge in [0.25, 0.3) is 11.5 Å².